The van der Waals surface area contributed by atoms with Gasteiger partial charge in [-0.25, -0.2) is 0 Å². The lowest BCUT2D eigenvalue weighted by atomic mass is 9.93. The summed E-state index contributed by atoms with van der Waals surface area (Å²) in [5.41, 5.74) is 6.55. The standard InChI is InChI=1S/C77H130N2OS2/c1-9-13-17-21-25-29-32-36-40-44-48-52-68(51-47-43-39-35-31-27-23-19-15-11-3)62-79-75-59-71(65(7)66(8)81)74(60-72(75)73(63-80)77-58-57-76(82-77)70-55-53-69(54-56-70)64(5)6)78-61-67(49-45-41-37-33-28-24-20-16-12-4)50-46-42-38-34-30-26-22-18-14-10-2/h53-60,63-64,67-68,78-79,81H,8-52,61-62H2,1-7H3/b71-65+,73-72+. The Kier molecular flexibility index (Phi) is 44.2. The second kappa shape index (κ2) is 49.4. The Morgan fingerprint density at radius 1 is 0.463 bits per heavy atom. The maximum Gasteiger partial charge on any atom is 0.152 e. The molecule has 466 valence electrons. The van der Waals surface area contributed by atoms with Gasteiger partial charge in [0.1, 0.15) is 0 Å². The van der Waals surface area contributed by atoms with Gasteiger partial charge in [-0.1, -0.05) is 329 Å². The van der Waals surface area contributed by atoms with Crippen molar-refractivity contribution in [3.63, 3.8) is 0 Å². The molecule has 0 spiro atoms. The van der Waals surface area contributed by atoms with Crippen molar-refractivity contribution in [2.24, 2.45) is 11.8 Å². The Balaban J connectivity index is 1.98. The van der Waals surface area contributed by atoms with Crippen molar-refractivity contribution in [3.05, 3.63) is 80.9 Å². The van der Waals surface area contributed by atoms with Crippen LogP contribution < -0.4 is 21.1 Å². The summed E-state index contributed by atoms with van der Waals surface area (Å²) in [7, 11) is 0. The summed E-state index contributed by atoms with van der Waals surface area (Å²) < 4.78 is 0. The van der Waals surface area contributed by atoms with Crippen molar-refractivity contribution in [3.8, 4) is 10.4 Å². The number of carbonyl (C=O) groups excluding carboxylic acids is 1. The van der Waals surface area contributed by atoms with Crippen molar-refractivity contribution >= 4 is 52.8 Å². The number of thiol groups is 1. The van der Waals surface area contributed by atoms with E-state index in [1.54, 1.807) is 11.3 Å². The topological polar surface area (TPSA) is 41.1 Å². The average molecular weight is 1160 g/mol. The molecule has 2 atom stereocenters. The SMILES string of the molecule is C=C(S)/C(C)=c1\cc(NCC(CCCCCCCCCCCC)CCCCCCCCCCCCC)/c(=C(\C=O)c2ccc(-c3ccc(C(C)C)cc3)s2)cc1NCC(CCCCCCCCCCC)CCCCCCCCCCCC. The highest BCUT2D eigenvalue weighted by Crippen LogP contribution is 2.33. The van der Waals surface area contributed by atoms with E-state index in [1.807, 2.05) is 0 Å². The molecule has 0 radical (unpaired) electrons. The van der Waals surface area contributed by atoms with Crippen LogP contribution in [-0.2, 0) is 4.79 Å². The number of nitrogens with one attached hydrogen (secondary N) is 2. The maximum absolute atomic E-state index is 13.8. The zero-order valence-corrected chi connectivity index (χ0v) is 56.6. The lowest BCUT2D eigenvalue weighted by Crippen LogP contribution is -2.27. The van der Waals surface area contributed by atoms with Crippen LogP contribution in [0.4, 0.5) is 11.4 Å². The number of thiophene rings is 1. The fourth-order valence-corrected chi connectivity index (χ4v) is 13.5. The number of hydrogen-bond donors (Lipinski definition) is 3. The molecule has 0 amide bonds. The molecule has 0 aliphatic rings. The molecule has 5 heteroatoms. The molecule has 2 aromatic carbocycles. The molecule has 2 unspecified atom stereocenters. The number of carbonyl (C=O) groups is 1. The third-order valence-electron chi connectivity index (χ3n) is 18.2. The van der Waals surface area contributed by atoms with Gasteiger partial charge in [0, 0.05) is 55.1 Å². The molecule has 1 heterocycles. The second-order valence-electron chi connectivity index (χ2n) is 25.9. The van der Waals surface area contributed by atoms with Crippen molar-refractivity contribution < 1.29 is 4.79 Å². The number of rotatable bonds is 55. The number of allylic oxidation sites excluding steroid dienone is 1. The van der Waals surface area contributed by atoms with Gasteiger partial charge >= 0.3 is 0 Å². The summed E-state index contributed by atoms with van der Waals surface area (Å²) in [4.78, 5) is 16.8. The minimum atomic E-state index is 0.486. The van der Waals surface area contributed by atoms with Gasteiger partial charge in [-0.3, -0.25) is 4.79 Å². The van der Waals surface area contributed by atoms with Gasteiger partial charge in [-0.05, 0) is 91.3 Å². The molecular formula is C77H130N2OS2. The first kappa shape index (κ1) is 73.5. The molecular weight excluding hydrogens is 1030 g/mol. The van der Waals surface area contributed by atoms with E-state index in [4.69, 9.17) is 12.6 Å². The highest BCUT2D eigenvalue weighted by molar-refractivity contribution is 7.85. The van der Waals surface area contributed by atoms with E-state index >= 15 is 0 Å². The fourth-order valence-electron chi connectivity index (χ4n) is 12.4. The Hall–Kier alpha value is -2.76. The van der Waals surface area contributed by atoms with E-state index < -0.39 is 0 Å². The van der Waals surface area contributed by atoms with E-state index in [0.717, 1.165) is 62.1 Å². The van der Waals surface area contributed by atoms with Crippen LogP contribution >= 0.6 is 24.0 Å². The van der Waals surface area contributed by atoms with Crippen molar-refractivity contribution in [2.45, 2.75) is 337 Å². The molecule has 0 aliphatic carbocycles. The predicted molar refractivity (Wildman–Crippen MR) is 375 cm³/mol. The Morgan fingerprint density at radius 2 is 0.780 bits per heavy atom. The summed E-state index contributed by atoms with van der Waals surface area (Å²) >= 11 is 6.66. The van der Waals surface area contributed by atoms with Crippen LogP contribution in [0.3, 0.4) is 0 Å². The van der Waals surface area contributed by atoms with Crippen LogP contribution in [0.25, 0.3) is 21.6 Å². The molecule has 1 aromatic heterocycles. The highest BCUT2D eigenvalue weighted by atomic mass is 32.1. The monoisotopic (exact) mass is 1160 g/mol. The Labute approximate surface area is 518 Å². The van der Waals surface area contributed by atoms with Crippen LogP contribution in [0.5, 0.6) is 0 Å². The van der Waals surface area contributed by atoms with Crippen molar-refractivity contribution in [2.75, 3.05) is 23.7 Å². The first-order valence-electron chi connectivity index (χ1n) is 35.6. The van der Waals surface area contributed by atoms with E-state index in [-0.39, 0.29) is 0 Å². The average Bonchev–Trinajstić information content (AvgIpc) is 3.98. The molecule has 0 saturated carbocycles. The normalized spacial score (nSPS) is 13.2. The van der Waals surface area contributed by atoms with Crippen LogP contribution in [0.15, 0.2) is 60.0 Å². The highest BCUT2D eigenvalue weighted by Gasteiger charge is 2.17. The van der Waals surface area contributed by atoms with Crippen LogP contribution in [0.2, 0.25) is 0 Å². The van der Waals surface area contributed by atoms with E-state index in [9.17, 15) is 4.79 Å². The smallest absolute Gasteiger partial charge is 0.152 e. The molecule has 0 aliphatic heterocycles. The molecule has 0 bridgehead atoms. The maximum atomic E-state index is 13.8. The zero-order valence-electron chi connectivity index (χ0n) is 54.9. The lowest BCUT2D eigenvalue weighted by molar-refractivity contribution is -0.103. The number of anilines is 2. The van der Waals surface area contributed by atoms with Gasteiger partial charge in [0.25, 0.3) is 0 Å². The summed E-state index contributed by atoms with van der Waals surface area (Å²) in [6.45, 7) is 22.2. The summed E-state index contributed by atoms with van der Waals surface area (Å²) in [5.74, 6) is 1.67. The number of benzene rings is 2. The minimum Gasteiger partial charge on any atom is -0.384 e. The van der Waals surface area contributed by atoms with Crippen molar-refractivity contribution in [1.82, 2.24) is 0 Å². The van der Waals surface area contributed by atoms with Crippen molar-refractivity contribution in [1.29, 1.82) is 0 Å². The molecule has 3 nitrogen and oxygen atoms in total. The zero-order chi connectivity index (χ0) is 59.1. The summed E-state index contributed by atoms with van der Waals surface area (Å²) in [6, 6.07) is 18.1. The van der Waals surface area contributed by atoms with Crippen LogP contribution in [0.1, 0.15) is 347 Å². The van der Waals surface area contributed by atoms with Gasteiger partial charge in [0.05, 0.1) is 0 Å². The summed E-state index contributed by atoms with van der Waals surface area (Å²) in [6.07, 6.45) is 61.0. The number of hydrogen-bond acceptors (Lipinski definition) is 5. The third-order valence-corrected chi connectivity index (χ3v) is 19.7. The second-order valence-corrected chi connectivity index (χ2v) is 27.5. The van der Waals surface area contributed by atoms with E-state index in [0.29, 0.717) is 17.8 Å². The first-order valence-corrected chi connectivity index (χ1v) is 36.8. The van der Waals surface area contributed by atoms with E-state index in [1.165, 1.54) is 299 Å². The lowest BCUT2D eigenvalue weighted by Gasteiger charge is -2.22. The summed E-state index contributed by atoms with van der Waals surface area (Å²) in [5, 5.41) is 10.3. The predicted octanol–water partition coefficient (Wildman–Crippen LogP) is 24.9. The van der Waals surface area contributed by atoms with Gasteiger partial charge in [0.15, 0.2) is 6.29 Å². The van der Waals surface area contributed by atoms with Gasteiger partial charge in [-0.2, -0.15) is 0 Å². The van der Waals surface area contributed by atoms with Crippen LogP contribution in [-0.4, -0.2) is 19.4 Å². The third kappa shape index (κ3) is 33.2. The molecule has 3 aromatic rings. The molecule has 3 rings (SSSR count). The number of aldehydes is 1. The Morgan fingerprint density at radius 3 is 1.10 bits per heavy atom. The number of unbranched alkanes of at least 4 members (excludes halogenated alkanes) is 36. The van der Waals surface area contributed by atoms with Crippen LogP contribution in [0, 0.1) is 11.8 Å². The molecule has 0 saturated heterocycles. The largest absolute Gasteiger partial charge is 0.384 e. The first-order chi connectivity index (χ1) is 40.2. The van der Waals surface area contributed by atoms with Gasteiger partial charge in [0.2, 0.25) is 0 Å². The molecule has 0 fully saturated rings. The fraction of sp³-hybridized carbons (Fsp3) is 0.727. The minimum absolute atomic E-state index is 0.486. The Bertz CT molecular complexity index is 2150. The van der Waals surface area contributed by atoms with Gasteiger partial charge in [-0.15, -0.1) is 24.0 Å². The molecule has 82 heavy (non-hydrogen) atoms. The van der Waals surface area contributed by atoms with E-state index in [2.05, 4.69) is 114 Å². The molecule has 2 N–H and O–H groups in total. The quantitative estimate of drug-likeness (QED) is 0.0300. The van der Waals surface area contributed by atoms with Gasteiger partial charge < -0.3 is 10.6 Å².